The van der Waals surface area contributed by atoms with Crippen molar-refractivity contribution in [2.45, 2.75) is 297 Å². The molecule has 2 nitrogen and oxygen atoms in total. The minimum Gasteiger partial charge on any atom is -0.356 e. The predicted octanol–water partition coefficient (Wildman–Crippen LogP) is 17.8. The number of hydrogen-bond donors (Lipinski definition) is 0. The van der Waals surface area contributed by atoms with E-state index >= 15 is 0 Å². The SMILES string of the molecule is CCCCCCCCCCCCCCCCC1N(CCCCCCCCCCCCCCC)C=CN1CCCCCCCCCCCCCCCC. The molecular weight excluding hydrogens is 629 g/mol. The second-order valence-electron chi connectivity index (χ2n) is 17.5. The maximum absolute atomic E-state index is 2.74. The van der Waals surface area contributed by atoms with Gasteiger partial charge in [-0.05, 0) is 25.7 Å². The average molecular weight is 729 g/mol. The van der Waals surface area contributed by atoms with E-state index in [1.165, 1.54) is 283 Å². The molecule has 0 fully saturated rings. The first-order valence-corrected chi connectivity index (χ1v) is 25.0. The van der Waals surface area contributed by atoms with Crippen LogP contribution >= 0.6 is 0 Å². The van der Waals surface area contributed by atoms with E-state index in [1.807, 2.05) is 0 Å². The zero-order valence-electron chi connectivity index (χ0n) is 36.7. The summed E-state index contributed by atoms with van der Waals surface area (Å²) in [5.41, 5.74) is 0. The number of hydrogen-bond acceptors (Lipinski definition) is 2. The summed E-state index contributed by atoms with van der Waals surface area (Å²) in [7, 11) is 0. The third-order valence-electron chi connectivity index (χ3n) is 12.3. The second kappa shape index (κ2) is 41.5. The summed E-state index contributed by atoms with van der Waals surface area (Å²) >= 11 is 0. The minimum atomic E-state index is 0.636. The zero-order chi connectivity index (χ0) is 37.3. The van der Waals surface area contributed by atoms with Crippen molar-refractivity contribution in [2.24, 2.45) is 0 Å². The molecule has 1 heterocycles. The van der Waals surface area contributed by atoms with Crippen LogP contribution in [0.3, 0.4) is 0 Å². The van der Waals surface area contributed by atoms with Gasteiger partial charge in [-0.1, -0.05) is 265 Å². The van der Waals surface area contributed by atoms with Crippen LogP contribution in [-0.4, -0.2) is 29.1 Å². The monoisotopic (exact) mass is 729 g/mol. The quantitative estimate of drug-likeness (QED) is 0.0576. The van der Waals surface area contributed by atoms with Gasteiger partial charge in [0.15, 0.2) is 0 Å². The highest BCUT2D eigenvalue weighted by Crippen LogP contribution is 2.24. The van der Waals surface area contributed by atoms with Gasteiger partial charge in [0, 0.05) is 25.5 Å². The molecule has 0 aliphatic carbocycles. The van der Waals surface area contributed by atoms with Gasteiger partial charge in [-0.3, -0.25) is 0 Å². The fourth-order valence-electron chi connectivity index (χ4n) is 8.66. The summed E-state index contributed by atoms with van der Waals surface area (Å²) < 4.78 is 0. The average Bonchev–Trinajstić information content (AvgIpc) is 3.54. The Balaban J connectivity index is 2.20. The maximum atomic E-state index is 2.74. The first kappa shape index (κ1) is 49.4. The van der Waals surface area contributed by atoms with Crippen molar-refractivity contribution in [3.05, 3.63) is 12.4 Å². The van der Waals surface area contributed by atoms with Crippen molar-refractivity contribution < 1.29 is 0 Å². The van der Waals surface area contributed by atoms with E-state index in [1.54, 1.807) is 0 Å². The summed E-state index contributed by atoms with van der Waals surface area (Å²) in [4.78, 5) is 5.48. The van der Waals surface area contributed by atoms with E-state index < -0.39 is 0 Å². The summed E-state index contributed by atoms with van der Waals surface area (Å²) in [6.45, 7) is 9.49. The van der Waals surface area contributed by atoms with Gasteiger partial charge in [-0.2, -0.15) is 0 Å². The van der Waals surface area contributed by atoms with Gasteiger partial charge in [-0.25, -0.2) is 0 Å². The van der Waals surface area contributed by atoms with Crippen molar-refractivity contribution >= 4 is 0 Å². The molecule has 1 unspecified atom stereocenters. The molecule has 0 saturated carbocycles. The van der Waals surface area contributed by atoms with Crippen LogP contribution in [0.2, 0.25) is 0 Å². The summed E-state index contributed by atoms with van der Waals surface area (Å²) in [6.07, 6.45) is 66.4. The van der Waals surface area contributed by atoms with Crippen LogP contribution in [0.15, 0.2) is 12.4 Å². The van der Waals surface area contributed by atoms with Gasteiger partial charge in [-0.15, -0.1) is 0 Å². The van der Waals surface area contributed by atoms with Crippen LogP contribution < -0.4 is 0 Å². The molecule has 52 heavy (non-hydrogen) atoms. The highest BCUT2D eigenvalue weighted by atomic mass is 15.4. The highest BCUT2D eigenvalue weighted by Gasteiger charge is 2.24. The Morgan fingerprint density at radius 1 is 0.250 bits per heavy atom. The molecule has 310 valence electrons. The normalized spacial score (nSPS) is 14.4. The number of nitrogens with zero attached hydrogens (tertiary/aromatic N) is 2. The molecule has 0 spiro atoms. The molecule has 0 aromatic heterocycles. The maximum Gasteiger partial charge on any atom is 0.101 e. The van der Waals surface area contributed by atoms with E-state index in [9.17, 15) is 0 Å². The van der Waals surface area contributed by atoms with Gasteiger partial charge in [0.25, 0.3) is 0 Å². The highest BCUT2D eigenvalue weighted by molar-refractivity contribution is 4.97. The van der Waals surface area contributed by atoms with Crippen molar-refractivity contribution in [3.63, 3.8) is 0 Å². The van der Waals surface area contributed by atoms with Crippen LogP contribution in [0.1, 0.15) is 290 Å². The molecule has 1 rings (SSSR count). The van der Waals surface area contributed by atoms with Crippen LogP contribution in [0.5, 0.6) is 0 Å². The van der Waals surface area contributed by atoms with Gasteiger partial charge in [0.2, 0.25) is 0 Å². The lowest BCUT2D eigenvalue weighted by atomic mass is 10.0. The van der Waals surface area contributed by atoms with Gasteiger partial charge < -0.3 is 9.80 Å². The standard InChI is InChI=1S/C50H100N2/c1-4-7-10-13-16-19-22-25-27-30-33-36-39-42-45-50-51(46-43-40-37-34-31-28-24-21-18-15-12-9-6-3)48-49-52(50)47-44-41-38-35-32-29-26-23-20-17-14-11-8-5-2/h48-50H,4-47H2,1-3H3. The molecule has 1 atom stereocenters. The molecule has 0 aromatic carbocycles. The van der Waals surface area contributed by atoms with Crippen molar-refractivity contribution in [1.29, 1.82) is 0 Å². The van der Waals surface area contributed by atoms with Crippen molar-refractivity contribution in [3.8, 4) is 0 Å². The van der Waals surface area contributed by atoms with E-state index in [2.05, 4.69) is 43.0 Å². The van der Waals surface area contributed by atoms with E-state index in [0.717, 1.165) is 0 Å². The lowest BCUT2D eigenvalue weighted by Crippen LogP contribution is -2.39. The minimum absolute atomic E-state index is 0.636. The Kier molecular flexibility index (Phi) is 39.4. The largest absolute Gasteiger partial charge is 0.356 e. The molecular formula is C50H100N2. The third-order valence-corrected chi connectivity index (χ3v) is 12.3. The van der Waals surface area contributed by atoms with Gasteiger partial charge in [0.1, 0.15) is 6.17 Å². The first-order chi connectivity index (χ1) is 25.8. The molecule has 0 amide bonds. The van der Waals surface area contributed by atoms with Crippen LogP contribution in [-0.2, 0) is 0 Å². The smallest absolute Gasteiger partial charge is 0.101 e. The molecule has 0 saturated heterocycles. The predicted molar refractivity (Wildman–Crippen MR) is 237 cm³/mol. The fraction of sp³-hybridized carbons (Fsp3) is 0.960. The third kappa shape index (κ3) is 32.7. The molecule has 1 aliphatic heterocycles. The first-order valence-electron chi connectivity index (χ1n) is 25.0. The Labute approximate surface area is 330 Å². The topological polar surface area (TPSA) is 6.48 Å². The van der Waals surface area contributed by atoms with Crippen LogP contribution in [0.25, 0.3) is 0 Å². The van der Waals surface area contributed by atoms with E-state index in [4.69, 9.17) is 0 Å². The van der Waals surface area contributed by atoms with Gasteiger partial charge >= 0.3 is 0 Å². The van der Waals surface area contributed by atoms with E-state index in [0.29, 0.717) is 6.17 Å². The summed E-state index contributed by atoms with van der Waals surface area (Å²) in [5, 5.41) is 0. The lowest BCUT2D eigenvalue weighted by molar-refractivity contribution is 0.135. The molecule has 0 N–H and O–H groups in total. The molecule has 0 aromatic rings. The summed E-state index contributed by atoms with van der Waals surface area (Å²) in [5.74, 6) is 0. The fourth-order valence-corrected chi connectivity index (χ4v) is 8.66. The molecule has 0 bridgehead atoms. The van der Waals surface area contributed by atoms with Crippen LogP contribution in [0, 0.1) is 0 Å². The molecule has 1 aliphatic rings. The van der Waals surface area contributed by atoms with Crippen LogP contribution in [0.4, 0.5) is 0 Å². The van der Waals surface area contributed by atoms with E-state index in [-0.39, 0.29) is 0 Å². The molecule has 0 radical (unpaired) electrons. The zero-order valence-corrected chi connectivity index (χ0v) is 36.7. The number of unbranched alkanes of at least 4 members (excludes halogenated alkanes) is 38. The molecule has 2 heteroatoms. The second-order valence-corrected chi connectivity index (χ2v) is 17.5. The summed E-state index contributed by atoms with van der Waals surface area (Å²) in [6, 6.07) is 0. The lowest BCUT2D eigenvalue weighted by Gasteiger charge is -2.33. The Morgan fingerprint density at radius 2 is 0.442 bits per heavy atom. The Hall–Kier alpha value is -0.660. The van der Waals surface area contributed by atoms with Crippen molar-refractivity contribution in [2.75, 3.05) is 13.1 Å². The van der Waals surface area contributed by atoms with Crippen molar-refractivity contribution in [1.82, 2.24) is 9.80 Å². The number of rotatable bonds is 44. The van der Waals surface area contributed by atoms with Gasteiger partial charge in [0.05, 0.1) is 0 Å². The Bertz CT molecular complexity index is 688. The Morgan fingerprint density at radius 3 is 0.673 bits per heavy atom.